The van der Waals surface area contributed by atoms with Crippen molar-refractivity contribution >= 4 is 34.9 Å². The maximum absolute atomic E-state index is 14.5. The first-order valence-electron chi connectivity index (χ1n) is 12.8. The van der Waals surface area contributed by atoms with Gasteiger partial charge in [-0.25, -0.2) is 0 Å². The summed E-state index contributed by atoms with van der Waals surface area (Å²) in [5.74, 6) is -1.22. The normalized spacial score (nSPS) is 11.9. The summed E-state index contributed by atoms with van der Waals surface area (Å²) < 4.78 is 32.7. The molecule has 2 N–H and O–H groups in total. The van der Waals surface area contributed by atoms with E-state index in [2.05, 4.69) is 41.7 Å². The number of benzene rings is 5. The summed E-state index contributed by atoms with van der Waals surface area (Å²) in [7, 11) is -7.44. The van der Waals surface area contributed by atoms with Crippen LogP contribution in [0.15, 0.2) is 152 Å². The summed E-state index contributed by atoms with van der Waals surface area (Å²) in [5.41, 5.74) is 1.08. The van der Waals surface area contributed by atoms with Gasteiger partial charge in [0.25, 0.3) is 5.91 Å². The number of rotatable bonds is 8. The standard InChI is InChI=1S/C33H26NO2P.ClHO4/c35-31(26-16-6-1-7-17-26)33(34-32(36)27-18-8-2-9-19-27)37(28-20-10-3-11-21-28,29-22-12-4-13-23-29)30-24-14-5-15-25-30;2-1(3,4)5/h1-25,33H;(H,2,3,4,5)/p+1. The minimum Gasteiger partial charge on any atom is -0.310 e. The lowest BCUT2D eigenvalue weighted by molar-refractivity contribution is -1.92. The molecule has 42 heavy (non-hydrogen) atoms. The minimum absolute atomic E-state index is 0.116. The van der Waals surface area contributed by atoms with E-state index >= 15 is 0 Å². The van der Waals surface area contributed by atoms with Crippen LogP contribution < -0.4 is 35.2 Å². The summed E-state index contributed by atoms with van der Waals surface area (Å²) >= 11 is 0. The fourth-order valence-corrected chi connectivity index (χ4v) is 9.31. The number of carbonyl (C=O) groups excluding carboxylic acids is 2. The highest BCUT2D eigenvalue weighted by molar-refractivity contribution is 7.96. The Hall–Kier alpha value is -4.20. The van der Waals surface area contributed by atoms with Crippen molar-refractivity contribution in [2.45, 2.75) is 5.78 Å². The van der Waals surface area contributed by atoms with Crippen molar-refractivity contribution < 1.29 is 38.5 Å². The van der Waals surface area contributed by atoms with Crippen LogP contribution in [0.3, 0.4) is 0 Å². The Kier molecular flexibility index (Phi) is 10.3. The third-order valence-corrected chi connectivity index (χ3v) is 11.0. The average molecular weight is 601 g/mol. The van der Waals surface area contributed by atoms with Crippen molar-refractivity contribution in [2.75, 3.05) is 0 Å². The predicted molar refractivity (Wildman–Crippen MR) is 156 cm³/mol. The monoisotopic (exact) mass is 600 g/mol. The zero-order chi connectivity index (χ0) is 30.0. The van der Waals surface area contributed by atoms with Crippen LogP contribution in [-0.4, -0.2) is 22.1 Å². The van der Waals surface area contributed by atoms with Gasteiger partial charge in [-0.3, -0.25) is 9.59 Å². The van der Waals surface area contributed by atoms with Crippen LogP contribution in [0.25, 0.3) is 0 Å². The van der Waals surface area contributed by atoms with Crippen molar-refractivity contribution in [1.29, 1.82) is 0 Å². The van der Waals surface area contributed by atoms with E-state index in [1.54, 1.807) is 12.1 Å². The van der Waals surface area contributed by atoms with E-state index in [4.69, 9.17) is 18.6 Å². The van der Waals surface area contributed by atoms with Crippen molar-refractivity contribution in [2.24, 2.45) is 0 Å². The van der Waals surface area contributed by atoms with Gasteiger partial charge < -0.3 is 5.32 Å². The Labute approximate surface area is 246 Å². The van der Waals surface area contributed by atoms with Crippen LogP contribution in [0.2, 0.25) is 0 Å². The van der Waals surface area contributed by atoms with Crippen LogP contribution in [0.5, 0.6) is 0 Å². The number of amides is 1. The number of halogens is 1. The van der Waals surface area contributed by atoms with Crippen molar-refractivity contribution in [3.8, 4) is 0 Å². The molecule has 1 unspecified atom stereocenters. The molecule has 212 valence electrons. The second-order valence-electron chi connectivity index (χ2n) is 9.10. The maximum Gasteiger partial charge on any atom is 0.254 e. The van der Waals surface area contributed by atoms with Crippen LogP contribution in [0.1, 0.15) is 20.7 Å². The first-order valence-corrected chi connectivity index (χ1v) is 16.0. The van der Waals surface area contributed by atoms with Crippen molar-refractivity contribution in [1.82, 2.24) is 5.32 Å². The van der Waals surface area contributed by atoms with Crippen molar-refractivity contribution in [3.05, 3.63) is 163 Å². The van der Waals surface area contributed by atoms with Gasteiger partial charge in [0.15, 0.2) is 0 Å². The van der Waals surface area contributed by atoms with E-state index in [0.717, 1.165) is 15.9 Å². The molecular weight excluding hydrogens is 573 g/mol. The lowest BCUT2D eigenvalue weighted by Crippen LogP contribution is -2.58. The van der Waals surface area contributed by atoms with E-state index in [-0.39, 0.29) is 11.7 Å². The van der Waals surface area contributed by atoms with E-state index in [1.807, 2.05) is 103 Å². The molecule has 0 fully saturated rings. The third kappa shape index (κ3) is 7.55. The van der Waals surface area contributed by atoms with E-state index < -0.39 is 23.3 Å². The molecule has 0 aliphatic heterocycles. The maximum atomic E-state index is 14.5. The molecule has 0 aromatic heterocycles. The number of hydrogen-bond donors (Lipinski definition) is 2. The Morgan fingerprint density at radius 3 is 1.17 bits per heavy atom. The Morgan fingerprint density at radius 1 is 0.548 bits per heavy atom. The molecule has 9 heteroatoms. The molecule has 0 aliphatic rings. The van der Waals surface area contributed by atoms with Gasteiger partial charge in [0.1, 0.15) is 23.2 Å². The number of ketones is 1. The molecule has 1 amide bonds. The van der Waals surface area contributed by atoms with E-state index in [9.17, 15) is 9.59 Å². The highest BCUT2D eigenvalue weighted by atomic mass is 35.7. The van der Waals surface area contributed by atoms with Crippen LogP contribution in [0, 0.1) is 10.2 Å². The molecule has 1 atom stereocenters. The molecule has 0 radical (unpaired) electrons. The molecule has 7 nitrogen and oxygen atoms in total. The Morgan fingerprint density at radius 2 is 0.833 bits per heavy atom. The number of hydrogen-bond acceptors (Lipinski definition) is 6. The minimum atomic E-state index is -4.69. The van der Waals surface area contributed by atoms with Crippen molar-refractivity contribution in [3.63, 3.8) is 0 Å². The molecular formula is C33H28ClNO6P+. The van der Waals surface area contributed by atoms with E-state index in [1.165, 1.54) is 0 Å². The second-order valence-corrected chi connectivity index (χ2v) is 13.4. The van der Waals surface area contributed by atoms with Crippen LogP contribution >= 0.6 is 7.26 Å². The van der Waals surface area contributed by atoms with Crippen LogP contribution in [0.4, 0.5) is 0 Å². The quantitative estimate of drug-likeness (QED) is 0.205. The molecule has 0 aliphatic carbocycles. The first kappa shape index (κ1) is 30.8. The van der Waals surface area contributed by atoms with Gasteiger partial charge in [-0.15, -0.1) is 0 Å². The summed E-state index contributed by atoms with van der Waals surface area (Å²) in [6.07, 6.45) is 0. The summed E-state index contributed by atoms with van der Waals surface area (Å²) in [6.45, 7) is 0. The smallest absolute Gasteiger partial charge is 0.254 e. The molecule has 0 saturated heterocycles. The average Bonchev–Trinajstić information content (AvgIpc) is 3.02. The van der Waals surface area contributed by atoms with E-state index in [0.29, 0.717) is 11.1 Å². The van der Waals surface area contributed by atoms with Gasteiger partial charge in [0.2, 0.25) is 11.6 Å². The van der Waals surface area contributed by atoms with Gasteiger partial charge in [-0.2, -0.15) is 14.0 Å². The summed E-state index contributed by atoms with van der Waals surface area (Å²) in [5, 5.41) is 6.30. The molecule has 0 spiro atoms. The Bertz CT molecular complexity index is 1470. The van der Waals surface area contributed by atoms with Crippen LogP contribution in [-0.2, 0) is 0 Å². The molecule has 5 rings (SSSR count). The molecule has 5 aromatic carbocycles. The van der Waals surface area contributed by atoms with Gasteiger partial charge >= 0.3 is 0 Å². The SMILES string of the molecule is O=C(NC(C(=O)c1ccccc1)[P+](c1ccccc1)(c1ccccc1)c1ccccc1)c1ccccc1.[O-][Cl+3]([O-])([O-])O. The Balaban J connectivity index is 0.000000748. The summed E-state index contributed by atoms with van der Waals surface area (Å²) in [4.78, 5) is 28.2. The third-order valence-electron chi connectivity index (χ3n) is 6.49. The fraction of sp³-hybridized carbons (Fsp3) is 0.0303. The van der Waals surface area contributed by atoms with Gasteiger partial charge in [-0.1, -0.05) is 103 Å². The molecule has 5 aromatic rings. The molecule has 0 bridgehead atoms. The number of Topliss-reactive ketones (excluding diaryl/α,β-unsaturated/α-hetero) is 1. The number of carbonyl (C=O) groups is 2. The van der Waals surface area contributed by atoms with Gasteiger partial charge in [-0.05, 0) is 48.5 Å². The topological polar surface area (TPSA) is 136 Å². The fourth-order valence-electron chi connectivity index (χ4n) is 4.78. The molecule has 0 heterocycles. The second kappa shape index (κ2) is 14.1. The molecule has 0 saturated carbocycles. The van der Waals surface area contributed by atoms with Gasteiger partial charge in [0.05, 0.1) is 14.9 Å². The van der Waals surface area contributed by atoms with Gasteiger partial charge in [0, 0.05) is 11.1 Å². The highest BCUT2D eigenvalue weighted by Gasteiger charge is 2.56. The lowest BCUT2D eigenvalue weighted by Gasteiger charge is -2.34. The zero-order valence-electron chi connectivity index (χ0n) is 22.3. The lowest BCUT2D eigenvalue weighted by atomic mass is 10.1. The highest BCUT2D eigenvalue weighted by Crippen LogP contribution is 2.59. The summed E-state index contributed by atoms with van der Waals surface area (Å²) in [6, 6.07) is 48.7. The first-order chi connectivity index (χ1) is 20.2. The largest absolute Gasteiger partial charge is 0.310 e. The zero-order valence-corrected chi connectivity index (χ0v) is 24.0. The number of nitrogens with one attached hydrogen (secondary N) is 1. The predicted octanol–water partition coefficient (Wildman–Crippen LogP) is 1.50.